The first kappa shape index (κ1) is 13.2. The first-order chi connectivity index (χ1) is 6.61. The maximum absolute atomic E-state index is 11.6. The van der Waals surface area contributed by atoms with Gasteiger partial charge in [0.05, 0.1) is 6.54 Å². The molecule has 1 amide bonds. The van der Waals surface area contributed by atoms with Crippen molar-refractivity contribution in [2.45, 2.75) is 20.8 Å². The molecule has 0 saturated heterocycles. The molecule has 3 nitrogen and oxygen atoms in total. The van der Waals surface area contributed by atoms with E-state index in [9.17, 15) is 4.79 Å². The van der Waals surface area contributed by atoms with Crippen LogP contribution >= 0.6 is 0 Å². The summed E-state index contributed by atoms with van der Waals surface area (Å²) in [6.07, 6.45) is 1.76. The molecule has 1 N–H and O–H groups in total. The number of likely N-dealkylation sites (N-methyl/N-ethyl adjacent to an activating group) is 1. The molecular formula is C11H22N2O. The minimum Gasteiger partial charge on any atom is -0.342 e. The molecular weight excluding hydrogens is 176 g/mol. The summed E-state index contributed by atoms with van der Waals surface area (Å²) in [6.45, 7) is 12.5. The van der Waals surface area contributed by atoms with Gasteiger partial charge in [0, 0.05) is 19.6 Å². The van der Waals surface area contributed by atoms with Crippen molar-refractivity contribution in [2.24, 2.45) is 5.92 Å². The van der Waals surface area contributed by atoms with E-state index in [1.807, 2.05) is 11.8 Å². The van der Waals surface area contributed by atoms with E-state index in [0.717, 1.165) is 13.1 Å². The van der Waals surface area contributed by atoms with Crippen molar-refractivity contribution in [3.8, 4) is 0 Å². The average molecular weight is 198 g/mol. The average Bonchev–Trinajstić information content (AvgIpc) is 2.14. The molecule has 0 aromatic carbocycles. The van der Waals surface area contributed by atoms with Crippen LogP contribution in [0.25, 0.3) is 0 Å². The lowest BCUT2D eigenvalue weighted by molar-refractivity contribution is -0.130. The smallest absolute Gasteiger partial charge is 0.236 e. The minimum absolute atomic E-state index is 0.169. The molecule has 0 aromatic heterocycles. The molecule has 0 aliphatic rings. The molecule has 0 atom stereocenters. The molecule has 0 spiro atoms. The van der Waals surface area contributed by atoms with Crippen LogP contribution in [0, 0.1) is 5.92 Å². The van der Waals surface area contributed by atoms with Crippen LogP contribution in [0.5, 0.6) is 0 Å². The maximum atomic E-state index is 11.6. The van der Waals surface area contributed by atoms with Gasteiger partial charge in [-0.2, -0.15) is 0 Å². The van der Waals surface area contributed by atoms with Gasteiger partial charge in [-0.05, 0) is 12.8 Å². The summed E-state index contributed by atoms with van der Waals surface area (Å²) in [7, 11) is 0. The van der Waals surface area contributed by atoms with E-state index in [0.29, 0.717) is 19.0 Å². The highest BCUT2D eigenvalue weighted by Crippen LogP contribution is 1.98. The first-order valence-corrected chi connectivity index (χ1v) is 5.21. The molecule has 14 heavy (non-hydrogen) atoms. The Labute approximate surface area is 87.2 Å². The zero-order chi connectivity index (χ0) is 11.0. The van der Waals surface area contributed by atoms with Crippen molar-refractivity contribution in [1.82, 2.24) is 10.2 Å². The molecule has 0 fully saturated rings. The molecule has 82 valence electrons. The highest BCUT2D eigenvalue weighted by molar-refractivity contribution is 5.78. The fourth-order valence-corrected chi connectivity index (χ4v) is 1.24. The molecule has 0 bridgehead atoms. The summed E-state index contributed by atoms with van der Waals surface area (Å²) < 4.78 is 0. The van der Waals surface area contributed by atoms with Gasteiger partial charge in [-0.3, -0.25) is 4.79 Å². The van der Waals surface area contributed by atoms with Crippen molar-refractivity contribution in [1.29, 1.82) is 0 Å². The van der Waals surface area contributed by atoms with E-state index in [2.05, 4.69) is 25.7 Å². The topological polar surface area (TPSA) is 32.3 Å². The fraction of sp³-hybridized carbons (Fsp3) is 0.727. The highest BCUT2D eigenvalue weighted by Gasteiger charge is 2.11. The summed E-state index contributed by atoms with van der Waals surface area (Å²) in [6, 6.07) is 0. The van der Waals surface area contributed by atoms with Gasteiger partial charge in [-0.15, -0.1) is 6.58 Å². The van der Waals surface area contributed by atoms with Crippen molar-refractivity contribution in [3.63, 3.8) is 0 Å². The zero-order valence-corrected chi connectivity index (χ0v) is 9.55. The van der Waals surface area contributed by atoms with Crippen LogP contribution in [0.2, 0.25) is 0 Å². The van der Waals surface area contributed by atoms with Crippen LogP contribution in [-0.4, -0.2) is 37.0 Å². The number of nitrogens with zero attached hydrogens (tertiary/aromatic N) is 1. The lowest BCUT2D eigenvalue weighted by Crippen LogP contribution is -2.40. The molecule has 0 aliphatic heterocycles. The predicted octanol–water partition coefficient (Wildman–Crippen LogP) is 1.27. The van der Waals surface area contributed by atoms with Crippen LogP contribution in [0.4, 0.5) is 0 Å². The van der Waals surface area contributed by atoms with Gasteiger partial charge in [0.1, 0.15) is 0 Å². The van der Waals surface area contributed by atoms with Crippen LogP contribution in [0.15, 0.2) is 12.7 Å². The summed E-state index contributed by atoms with van der Waals surface area (Å²) in [4.78, 5) is 13.5. The van der Waals surface area contributed by atoms with E-state index in [1.165, 1.54) is 0 Å². The van der Waals surface area contributed by atoms with E-state index >= 15 is 0 Å². The third-order valence-corrected chi connectivity index (χ3v) is 1.88. The normalized spacial score (nSPS) is 10.3. The quantitative estimate of drug-likeness (QED) is 0.493. The second-order valence-electron chi connectivity index (χ2n) is 3.75. The molecule has 0 radical (unpaired) electrons. The fourth-order valence-electron chi connectivity index (χ4n) is 1.24. The molecule has 0 aromatic rings. The maximum Gasteiger partial charge on any atom is 0.236 e. The van der Waals surface area contributed by atoms with Gasteiger partial charge >= 0.3 is 0 Å². The Balaban J connectivity index is 3.85. The van der Waals surface area contributed by atoms with Crippen molar-refractivity contribution in [2.75, 3.05) is 26.2 Å². The number of hydrogen-bond acceptors (Lipinski definition) is 2. The summed E-state index contributed by atoms with van der Waals surface area (Å²) >= 11 is 0. The third-order valence-electron chi connectivity index (χ3n) is 1.88. The van der Waals surface area contributed by atoms with E-state index in [1.54, 1.807) is 6.08 Å². The zero-order valence-electron chi connectivity index (χ0n) is 9.55. The van der Waals surface area contributed by atoms with Crippen molar-refractivity contribution >= 4 is 5.91 Å². The first-order valence-electron chi connectivity index (χ1n) is 5.21. The van der Waals surface area contributed by atoms with Crippen LogP contribution in [0.3, 0.4) is 0 Å². The molecule has 0 saturated carbocycles. The van der Waals surface area contributed by atoms with E-state index < -0.39 is 0 Å². The number of hydrogen-bond donors (Lipinski definition) is 1. The van der Waals surface area contributed by atoms with Gasteiger partial charge < -0.3 is 10.2 Å². The summed E-state index contributed by atoms with van der Waals surface area (Å²) in [5.41, 5.74) is 0. The Hall–Kier alpha value is -0.830. The number of carbonyl (C=O) groups is 1. The molecule has 3 heteroatoms. The number of nitrogens with one attached hydrogen (secondary N) is 1. The van der Waals surface area contributed by atoms with Crippen LogP contribution in [-0.2, 0) is 4.79 Å². The summed E-state index contributed by atoms with van der Waals surface area (Å²) in [5, 5.41) is 3.01. The predicted molar refractivity (Wildman–Crippen MR) is 60.2 cm³/mol. The highest BCUT2D eigenvalue weighted by atomic mass is 16.2. The Kier molecular flexibility index (Phi) is 7.11. The van der Waals surface area contributed by atoms with Gasteiger partial charge in [-0.1, -0.05) is 19.9 Å². The molecule has 0 unspecified atom stereocenters. The minimum atomic E-state index is 0.169. The Morgan fingerprint density at radius 1 is 1.57 bits per heavy atom. The number of amides is 1. The Morgan fingerprint density at radius 3 is 2.64 bits per heavy atom. The number of rotatable bonds is 7. The Bertz CT molecular complexity index is 178. The second-order valence-corrected chi connectivity index (χ2v) is 3.75. The van der Waals surface area contributed by atoms with Gasteiger partial charge in [0.15, 0.2) is 0 Å². The second kappa shape index (κ2) is 7.56. The summed E-state index contributed by atoms with van der Waals surface area (Å²) in [5.74, 6) is 0.696. The van der Waals surface area contributed by atoms with Crippen molar-refractivity contribution in [3.05, 3.63) is 12.7 Å². The van der Waals surface area contributed by atoms with Gasteiger partial charge in [-0.25, -0.2) is 0 Å². The lowest BCUT2D eigenvalue weighted by Gasteiger charge is -2.22. The van der Waals surface area contributed by atoms with Crippen LogP contribution in [0.1, 0.15) is 20.8 Å². The van der Waals surface area contributed by atoms with E-state index in [-0.39, 0.29) is 5.91 Å². The third kappa shape index (κ3) is 5.75. The largest absolute Gasteiger partial charge is 0.342 e. The standard InChI is InChI=1S/C11H22N2O/c1-5-7-12-8-11(14)13(6-2)9-10(3)4/h5,10,12H,1,6-9H2,2-4H3. The monoisotopic (exact) mass is 198 g/mol. The van der Waals surface area contributed by atoms with Gasteiger partial charge in [0.25, 0.3) is 0 Å². The molecule has 0 heterocycles. The molecule has 0 rings (SSSR count). The van der Waals surface area contributed by atoms with Gasteiger partial charge in [0.2, 0.25) is 5.91 Å². The lowest BCUT2D eigenvalue weighted by atomic mass is 10.2. The Morgan fingerprint density at radius 2 is 2.21 bits per heavy atom. The molecule has 0 aliphatic carbocycles. The van der Waals surface area contributed by atoms with Crippen LogP contribution < -0.4 is 5.32 Å². The number of carbonyl (C=O) groups excluding carboxylic acids is 1. The van der Waals surface area contributed by atoms with E-state index in [4.69, 9.17) is 0 Å². The van der Waals surface area contributed by atoms with Crippen molar-refractivity contribution < 1.29 is 4.79 Å². The SMILES string of the molecule is C=CCNCC(=O)N(CC)CC(C)C.